The molecule has 0 aliphatic heterocycles. The number of carbonyl (C=O) groups excluding carboxylic acids is 1. The van der Waals surface area contributed by atoms with E-state index in [0.717, 1.165) is 11.3 Å². The highest BCUT2D eigenvalue weighted by atomic mass is 35.5. The third-order valence-corrected chi connectivity index (χ3v) is 2.58. The minimum absolute atomic E-state index is 0. The van der Waals surface area contributed by atoms with E-state index in [0.29, 0.717) is 13.2 Å². The van der Waals surface area contributed by atoms with Crippen LogP contribution < -0.4 is 10.5 Å². The minimum Gasteiger partial charge on any atom is -0.494 e. The van der Waals surface area contributed by atoms with Crippen molar-refractivity contribution >= 4 is 18.3 Å². The number of halogens is 1. The van der Waals surface area contributed by atoms with E-state index in [2.05, 4.69) is 0 Å². The van der Waals surface area contributed by atoms with Crippen LogP contribution in [0.15, 0.2) is 24.3 Å². The van der Waals surface area contributed by atoms with Crippen LogP contribution in [0.3, 0.4) is 0 Å². The molecule has 0 saturated carbocycles. The van der Waals surface area contributed by atoms with Gasteiger partial charge in [-0.25, -0.2) is 0 Å². The molecule has 0 heterocycles. The molecule has 0 aliphatic carbocycles. The van der Waals surface area contributed by atoms with Gasteiger partial charge in [-0.3, -0.25) is 4.79 Å². The van der Waals surface area contributed by atoms with Crippen molar-refractivity contribution in [2.24, 2.45) is 5.73 Å². The Hall–Kier alpha value is -1.26. The van der Waals surface area contributed by atoms with Gasteiger partial charge >= 0.3 is 0 Å². The van der Waals surface area contributed by atoms with Gasteiger partial charge in [-0.1, -0.05) is 18.2 Å². The van der Waals surface area contributed by atoms with E-state index in [9.17, 15) is 4.79 Å². The van der Waals surface area contributed by atoms with Crippen molar-refractivity contribution in [1.29, 1.82) is 0 Å². The second kappa shape index (κ2) is 7.36. The van der Waals surface area contributed by atoms with Crippen LogP contribution in [0.25, 0.3) is 0 Å². The molecule has 2 N–H and O–H groups in total. The summed E-state index contributed by atoms with van der Waals surface area (Å²) in [6.45, 7) is 6.46. The average molecular weight is 287 g/mol. The maximum Gasteiger partial charge on any atom is 0.242 e. The topological polar surface area (TPSA) is 55.6 Å². The van der Waals surface area contributed by atoms with Gasteiger partial charge in [-0.2, -0.15) is 0 Å². The van der Waals surface area contributed by atoms with Gasteiger partial charge in [0.05, 0.1) is 12.1 Å². The summed E-state index contributed by atoms with van der Waals surface area (Å²) in [4.78, 5) is 13.6. The minimum atomic E-state index is -0.852. The fourth-order valence-corrected chi connectivity index (χ4v) is 1.75. The molecule has 0 spiro atoms. The molecule has 5 heteroatoms. The number of rotatable bonds is 5. The van der Waals surface area contributed by atoms with Crippen LogP contribution in [0, 0.1) is 0 Å². The van der Waals surface area contributed by atoms with Crippen LogP contribution >= 0.6 is 12.4 Å². The Labute approximate surface area is 121 Å². The van der Waals surface area contributed by atoms with E-state index < -0.39 is 5.54 Å². The number of amides is 1. The molecule has 1 rings (SSSR count). The summed E-state index contributed by atoms with van der Waals surface area (Å²) in [7, 11) is 1.75. The standard InChI is InChI=1S/C14H22N2O2.ClH/c1-5-18-12-9-7-6-8-11(12)10-16(4)13(17)14(2,3)15;/h6-9H,5,10,15H2,1-4H3;1H. The monoisotopic (exact) mass is 286 g/mol. The van der Waals surface area contributed by atoms with E-state index in [-0.39, 0.29) is 18.3 Å². The number of para-hydroxylation sites is 1. The molecule has 0 bridgehead atoms. The highest BCUT2D eigenvalue weighted by Crippen LogP contribution is 2.20. The molecule has 1 amide bonds. The lowest BCUT2D eigenvalue weighted by molar-refractivity contribution is -0.135. The van der Waals surface area contributed by atoms with Crippen molar-refractivity contribution in [3.63, 3.8) is 0 Å². The summed E-state index contributed by atoms with van der Waals surface area (Å²) in [6.07, 6.45) is 0. The van der Waals surface area contributed by atoms with Crippen LogP contribution in [-0.4, -0.2) is 30.0 Å². The normalized spacial score (nSPS) is 10.6. The Bertz CT molecular complexity index is 416. The number of benzene rings is 1. The molecule has 0 atom stereocenters. The predicted molar refractivity (Wildman–Crippen MR) is 79.6 cm³/mol. The molecule has 4 nitrogen and oxygen atoms in total. The van der Waals surface area contributed by atoms with Gasteiger partial charge in [-0.05, 0) is 26.8 Å². The Morgan fingerprint density at radius 2 is 1.95 bits per heavy atom. The van der Waals surface area contributed by atoms with E-state index in [1.807, 2.05) is 31.2 Å². The van der Waals surface area contributed by atoms with Gasteiger partial charge in [0.15, 0.2) is 0 Å². The lowest BCUT2D eigenvalue weighted by Crippen LogP contribution is -2.49. The van der Waals surface area contributed by atoms with E-state index in [1.54, 1.807) is 25.8 Å². The largest absolute Gasteiger partial charge is 0.494 e. The molecular weight excluding hydrogens is 264 g/mol. The maximum absolute atomic E-state index is 12.0. The first-order valence-corrected chi connectivity index (χ1v) is 6.11. The zero-order valence-electron chi connectivity index (χ0n) is 12.0. The number of nitrogens with two attached hydrogens (primary N) is 1. The van der Waals surface area contributed by atoms with E-state index in [1.165, 1.54) is 0 Å². The van der Waals surface area contributed by atoms with Gasteiger partial charge < -0.3 is 15.4 Å². The first-order valence-electron chi connectivity index (χ1n) is 6.11. The third-order valence-electron chi connectivity index (χ3n) is 2.58. The molecule has 1 aromatic carbocycles. The van der Waals surface area contributed by atoms with Gasteiger partial charge in [0, 0.05) is 19.2 Å². The van der Waals surface area contributed by atoms with Crippen molar-refractivity contribution in [3.8, 4) is 5.75 Å². The first-order chi connectivity index (χ1) is 8.36. The number of nitrogens with zero attached hydrogens (tertiary/aromatic N) is 1. The van der Waals surface area contributed by atoms with Gasteiger partial charge in [0.1, 0.15) is 5.75 Å². The van der Waals surface area contributed by atoms with Crippen LogP contribution in [0.4, 0.5) is 0 Å². The summed E-state index contributed by atoms with van der Waals surface area (Å²) in [5, 5.41) is 0. The zero-order chi connectivity index (χ0) is 13.8. The second-order valence-corrected chi connectivity index (χ2v) is 4.92. The fraction of sp³-hybridized carbons (Fsp3) is 0.500. The molecule has 0 aromatic heterocycles. The summed E-state index contributed by atoms with van der Waals surface area (Å²) < 4.78 is 5.53. The Kier molecular flexibility index (Phi) is 6.87. The SMILES string of the molecule is CCOc1ccccc1CN(C)C(=O)C(C)(C)N.Cl. The van der Waals surface area contributed by atoms with Crippen LogP contribution in [-0.2, 0) is 11.3 Å². The lowest BCUT2D eigenvalue weighted by Gasteiger charge is -2.26. The summed E-state index contributed by atoms with van der Waals surface area (Å²) in [5.41, 5.74) is 5.94. The quantitative estimate of drug-likeness (QED) is 0.903. The maximum atomic E-state index is 12.0. The van der Waals surface area contributed by atoms with Crippen LogP contribution in [0.5, 0.6) is 5.75 Å². The smallest absolute Gasteiger partial charge is 0.242 e. The molecule has 19 heavy (non-hydrogen) atoms. The van der Waals surface area contributed by atoms with Crippen LogP contribution in [0.2, 0.25) is 0 Å². The zero-order valence-corrected chi connectivity index (χ0v) is 12.8. The van der Waals surface area contributed by atoms with Crippen molar-refractivity contribution in [2.45, 2.75) is 32.9 Å². The molecule has 1 aromatic rings. The Morgan fingerprint density at radius 1 is 1.37 bits per heavy atom. The molecule has 0 saturated heterocycles. The highest BCUT2D eigenvalue weighted by Gasteiger charge is 2.25. The molecule has 108 valence electrons. The van der Waals surface area contributed by atoms with Crippen LogP contribution in [0.1, 0.15) is 26.3 Å². The summed E-state index contributed by atoms with van der Waals surface area (Å²) in [6, 6.07) is 7.72. The number of ether oxygens (including phenoxy) is 1. The second-order valence-electron chi connectivity index (χ2n) is 4.92. The lowest BCUT2D eigenvalue weighted by atomic mass is 10.1. The predicted octanol–water partition coefficient (Wildman–Crippen LogP) is 2.20. The van der Waals surface area contributed by atoms with Crippen molar-refractivity contribution in [3.05, 3.63) is 29.8 Å². The summed E-state index contributed by atoms with van der Waals surface area (Å²) >= 11 is 0. The number of hydrogen-bond donors (Lipinski definition) is 1. The van der Waals surface area contributed by atoms with E-state index >= 15 is 0 Å². The number of likely N-dealkylation sites (N-methyl/N-ethyl adjacent to an activating group) is 1. The van der Waals surface area contributed by atoms with Crippen molar-refractivity contribution in [1.82, 2.24) is 4.90 Å². The summed E-state index contributed by atoms with van der Waals surface area (Å²) in [5.74, 6) is 0.725. The number of hydrogen-bond acceptors (Lipinski definition) is 3. The Balaban J connectivity index is 0.00000324. The third kappa shape index (κ3) is 5.09. The fourth-order valence-electron chi connectivity index (χ4n) is 1.75. The van der Waals surface area contributed by atoms with Gasteiger partial charge in [0.2, 0.25) is 5.91 Å². The molecule has 0 unspecified atom stereocenters. The molecule has 0 aliphatic rings. The molecule has 0 radical (unpaired) electrons. The highest BCUT2D eigenvalue weighted by molar-refractivity contribution is 5.85. The average Bonchev–Trinajstić information content (AvgIpc) is 2.29. The van der Waals surface area contributed by atoms with Crippen molar-refractivity contribution < 1.29 is 9.53 Å². The Morgan fingerprint density at radius 3 is 2.47 bits per heavy atom. The van der Waals surface area contributed by atoms with Gasteiger partial charge in [-0.15, -0.1) is 12.4 Å². The molecular formula is C14H23ClN2O2. The van der Waals surface area contributed by atoms with Crippen molar-refractivity contribution in [2.75, 3.05) is 13.7 Å². The number of carbonyl (C=O) groups is 1. The first kappa shape index (κ1) is 17.7. The van der Waals surface area contributed by atoms with E-state index in [4.69, 9.17) is 10.5 Å². The molecule has 0 fully saturated rings. The van der Waals surface area contributed by atoms with Gasteiger partial charge in [0.25, 0.3) is 0 Å².